The molecule has 1 amide bonds. The zero-order valence-electron chi connectivity index (χ0n) is 26.3. The van der Waals surface area contributed by atoms with E-state index in [2.05, 4.69) is 19.8 Å². The van der Waals surface area contributed by atoms with Crippen LogP contribution in [-0.4, -0.2) is 121 Å². The summed E-state index contributed by atoms with van der Waals surface area (Å²) in [6.07, 6.45) is 8.06. The van der Waals surface area contributed by atoms with E-state index < -0.39 is 16.7 Å². The molecule has 12 nitrogen and oxygen atoms in total. The molecule has 246 valence electrons. The maximum Gasteiger partial charge on any atom is 0.257 e. The molecular weight excluding hydrogens is 601 g/mol. The van der Waals surface area contributed by atoms with Crippen molar-refractivity contribution in [3.63, 3.8) is 0 Å². The van der Waals surface area contributed by atoms with E-state index in [-0.39, 0.29) is 40.8 Å². The third-order valence-electron chi connectivity index (χ3n) is 9.84. The van der Waals surface area contributed by atoms with Crippen LogP contribution in [0.5, 0.6) is 11.5 Å². The summed E-state index contributed by atoms with van der Waals surface area (Å²) in [5.74, 6) is 0.530. The highest BCUT2D eigenvalue weighted by molar-refractivity contribution is 7.69. The first-order chi connectivity index (χ1) is 21.6. The van der Waals surface area contributed by atoms with E-state index in [0.717, 1.165) is 77.9 Å². The van der Waals surface area contributed by atoms with E-state index in [1.807, 2.05) is 18.9 Å². The van der Waals surface area contributed by atoms with Crippen molar-refractivity contribution in [2.75, 3.05) is 64.4 Å². The molecule has 0 aliphatic carbocycles. The van der Waals surface area contributed by atoms with Crippen LogP contribution >= 0.6 is 0 Å². The molecule has 2 atom stereocenters. The van der Waals surface area contributed by atoms with E-state index in [9.17, 15) is 17.6 Å². The van der Waals surface area contributed by atoms with Gasteiger partial charge in [-0.05, 0) is 77.2 Å². The number of aromatic nitrogens is 2. The summed E-state index contributed by atoms with van der Waals surface area (Å²) in [6, 6.07) is 3.82. The molecule has 1 aromatic carbocycles. The Morgan fingerprint density at radius 2 is 1.91 bits per heavy atom. The van der Waals surface area contributed by atoms with Gasteiger partial charge < -0.3 is 24.2 Å². The maximum absolute atomic E-state index is 14.2. The van der Waals surface area contributed by atoms with E-state index in [0.29, 0.717) is 18.2 Å². The van der Waals surface area contributed by atoms with Gasteiger partial charge in [-0.1, -0.05) is 0 Å². The lowest BCUT2D eigenvalue weighted by Crippen LogP contribution is -2.61. The average molecular weight is 646 g/mol. The third kappa shape index (κ3) is 6.94. The van der Waals surface area contributed by atoms with Crippen molar-refractivity contribution in [3.8, 4) is 11.5 Å². The summed E-state index contributed by atoms with van der Waals surface area (Å²) in [4.78, 5) is 28.0. The number of thiol groups is 1. The number of nitrogens with zero attached hydrogens (tertiary/aromatic N) is 7. The number of anilines is 1. The summed E-state index contributed by atoms with van der Waals surface area (Å²) < 4.78 is 51.7. The van der Waals surface area contributed by atoms with Crippen LogP contribution in [0, 0.1) is 11.2 Å². The van der Waals surface area contributed by atoms with Gasteiger partial charge in [0.15, 0.2) is 11.6 Å². The number of hydrogen-bond acceptors (Lipinski definition) is 10. The lowest BCUT2D eigenvalue weighted by molar-refractivity contribution is -0.0974. The zero-order valence-corrected chi connectivity index (χ0v) is 27.2. The van der Waals surface area contributed by atoms with Crippen molar-refractivity contribution in [1.29, 1.82) is 0 Å². The monoisotopic (exact) mass is 645 g/mol. The second kappa shape index (κ2) is 13.4. The summed E-state index contributed by atoms with van der Waals surface area (Å²) in [6.45, 7) is 10.4. The molecule has 0 unspecified atom stereocenters. The van der Waals surface area contributed by atoms with Crippen molar-refractivity contribution >= 4 is 22.6 Å². The lowest BCUT2D eigenvalue weighted by atomic mass is 9.72. The number of hydrogen-bond donors (Lipinski definition) is 1. The molecule has 5 heterocycles. The van der Waals surface area contributed by atoms with Crippen LogP contribution in [0.4, 0.5) is 10.2 Å². The molecule has 45 heavy (non-hydrogen) atoms. The Morgan fingerprint density at radius 1 is 1.16 bits per heavy atom. The van der Waals surface area contributed by atoms with Crippen LogP contribution in [0.25, 0.3) is 0 Å². The number of hydrazine groups is 1. The van der Waals surface area contributed by atoms with Gasteiger partial charge in [0.25, 0.3) is 5.91 Å². The molecule has 0 bridgehead atoms. The Bertz CT molecular complexity index is 1430. The largest absolute Gasteiger partial charge is 0.451 e. The van der Waals surface area contributed by atoms with Crippen LogP contribution in [0.15, 0.2) is 30.7 Å². The van der Waals surface area contributed by atoms with Crippen LogP contribution in [0.3, 0.4) is 0 Å². The van der Waals surface area contributed by atoms with Gasteiger partial charge in [-0.15, -0.1) is 4.41 Å². The van der Waals surface area contributed by atoms with Gasteiger partial charge in [0.05, 0.1) is 30.5 Å². The molecule has 6 rings (SSSR count). The van der Waals surface area contributed by atoms with Crippen molar-refractivity contribution in [2.45, 2.75) is 64.1 Å². The number of rotatable bonds is 10. The van der Waals surface area contributed by atoms with Crippen molar-refractivity contribution in [2.24, 2.45) is 5.41 Å². The van der Waals surface area contributed by atoms with E-state index >= 15 is 0 Å². The van der Waals surface area contributed by atoms with Crippen LogP contribution in [0.1, 0.15) is 56.3 Å². The smallest absolute Gasteiger partial charge is 0.257 e. The maximum atomic E-state index is 14.2. The van der Waals surface area contributed by atoms with E-state index in [1.54, 1.807) is 18.1 Å². The fourth-order valence-corrected chi connectivity index (χ4v) is 7.57. The molecule has 4 aliphatic rings. The van der Waals surface area contributed by atoms with Gasteiger partial charge in [0, 0.05) is 51.2 Å². The lowest BCUT2D eigenvalue weighted by Gasteiger charge is -2.54. The fraction of sp³-hybridized carbons (Fsp3) is 0.645. The molecule has 14 heteroatoms. The second-order valence-electron chi connectivity index (χ2n) is 13.2. The Morgan fingerprint density at radius 3 is 2.53 bits per heavy atom. The van der Waals surface area contributed by atoms with Gasteiger partial charge in [0.2, 0.25) is 10.9 Å². The molecule has 1 aromatic heterocycles. The Kier molecular flexibility index (Phi) is 9.57. The highest BCUT2D eigenvalue weighted by Crippen LogP contribution is 2.45. The van der Waals surface area contributed by atoms with Gasteiger partial charge in [-0.3, -0.25) is 4.79 Å². The number of piperidine rings is 1. The van der Waals surface area contributed by atoms with E-state index in [4.69, 9.17) is 9.47 Å². The number of amides is 1. The van der Waals surface area contributed by atoms with Gasteiger partial charge >= 0.3 is 0 Å². The first-order valence-corrected chi connectivity index (χ1v) is 17.1. The molecular formula is C31H44FN7O5S. The summed E-state index contributed by atoms with van der Waals surface area (Å²) >= 11 is 0. The number of halogens is 1. The second-order valence-corrected chi connectivity index (χ2v) is 14.1. The molecule has 0 radical (unpaired) electrons. The number of carbonyl (C=O) groups excluding carboxylic acids is 1. The zero-order chi connectivity index (χ0) is 31.7. The molecule has 4 saturated heterocycles. The van der Waals surface area contributed by atoms with Gasteiger partial charge in [0.1, 0.15) is 17.9 Å². The highest BCUT2D eigenvalue weighted by Gasteiger charge is 2.46. The van der Waals surface area contributed by atoms with Gasteiger partial charge in [-0.25, -0.2) is 27.8 Å². The molecule has 0 N–H and O–H groups in total. The Labute approximate surface area is 266 Å². The minimum atomic E-state index is -2.64. The van der Waals surface area contributed by atoms with Crippen molar-refractivity contribution in [3.05, 3.63) is 42.1 Å². The molecule has 0 saturated carbocycles. The molecule has 4 aliphatic heterocycles. The molecule has 4 fully saturated rings. The van der Waals surface area contributed by atoms with Crippen molar-refractivity contribution < 1.29 is 27.1 Å². The third-order valence-corrected chi connectivity index (χ3v) is 10.8. The first-order valence-electron chi connectivity index (χ1n) is 15.9. The molecule has 1 spiro atoms. The Hall–Kier alpha value is -2.91. The standard InChI is InChI=1S/C31H44FN7O5S/c1-22(2)35(3)30(40)26-15-23(32)5-8-27(26)44-28-16-33-21-34-29(28)37-19-31(20-37)9-13-36(14-10-31)17-25-7-6-24(18-43-25)39(45(41)42)38-11-4-12-38/h5,8,15-16,21-22,24-25,45H,4,6-7,9-14,17-20H2,1-3H3/t24-,25+/m1/s1. The number of carbonyl (C=O) groups is 1. The van der Waals surface area contributed by atoms with Crippen LogP contribution in [0.2, 0.25) is 0 Å². The minimum absolute atomic E-state index is 0.0561. The molecule has 2 aromatic rings. The fourth-order valence-electron chi connectivity index (χ4n) is 6.74. The summed E-state index contributed by atoms with van der Waals surface area (Å²) in [5.41, 5.74) is 0.353. The highest BCUT2D eigenvalue weighted by atomic mass is 32.2. The minimum Gasteiger partial charge on any atom is -0.451 e. The quantitative estimate of drug-likeness (QED) is 0.388. The van der Waals surface area contributed by atoms with Crippen molar-refractivity contribution in [1.82, 2.24) is 29.2 Å². The topological polar surface area (TPSA) is 112 Å². The van der Waals surface area contributed by atoms with Crippen LogP contribution in [-0.2, 0) is 15.6 Å². The Balaban J connectivity index is 1.02. The first kappa shape index (κ1) is 32.0. The number of ether oxygens (including phenoxy) is 2. The average Bonchev–Trinajstić information content (AvgIpc) is 2.99. The summed E-state index contributed by atoms with van der Waals surface area (Å²) in [5, 5.41) is 1.91. The summed E-state index contributed by atoms with van der Waals surface area (Å²) in [7, 11) is -0.959. The number of likely N-dealkylation sites (tertiary alicyclic amines) is 1. The van der Waals surface area contributed by atoms with Crippen LogP contribution < -0.4 is 9.64 Å². The number of benzene rings is 1. The van der Waals surface area contributed by atoms with Gasteiger partial charge in [-0.2, -0.15) is 0 Å². The predicted molar refractivity (Wildman–Crippen MR) is 167 cm³/mol. The van der Waals surface area contributed by atoms with E-state index in [1.165, 1.54) is 28.9 Å². The normalized spacial score (nSPS) is 23.8. The SMILES string of the molecule is CC(C)N(C)C(=O)c1cc(F)ccc1Oc1cncnc1N1CC2(CCN(C[C@@H]3CC[C@@H](N(N4CCC4)[SH](=O)=O)CO3)CC2)C1. The predicted octanol–water partition coefficient (Wildman–Crippen LogP) is 2.79.